The Labute approximate surface area is 155 Å². The van der Waals surface area contributed by atoms with Gasteiger partial charge in [-0.2, -0.15) is 18.2 Å². The van der Waals surface area contributed by atoms with Gasteiger partial charge >= 0.3 is 12.1 Å². The van der Waals surface area contributed by atoms with Crippen LogP contribution >= 0.6 is 0 Å². The smallest absolute Gasteiger partial charge is 0.335 e. The van der Waals surface area contributed by atoms with E-state index in [9.17, 15) is 27.6 Å². The molecule has 1 fully saturated rings. The number of hydroxylamine groups is 2. The van der Waals surface area contributed by atoms with Crippen molar-refractivity contribution in [3.8, 4) is 11.4 Å². The Kier molecular flexibility index (Phi) is 5.14. The summed E-state index contributed by atoms with van der Waals surface area (Å²) in [5.41, 5.74) is 0.133. The number of aromatic nitrogens is 2. The van der Waals surface area contributed by atoms with Crippen LogP contribution in [0.15, 0.2) is 28.8 Å². The molecule has 9 nitrogen and oxygen atoms in total. The molecule has 0 spiro atoms. The second-order valence-corrected chi connectivity index (χ2v) is 5.68. The number of carbonyl (C=O) groups is 3. The number of Topliss-reactive ketones (excluding diaryl/α,β-unsaturated/α-hetero) is 1. The van der Waals surface area contributed by atoms with Gasteiger partial charge in [0.25, 0.3) is 11.8 Å². The number of ketones is 1. The highest BCUT2D eigenvalue weighted by atomic mass is 19.4. The number of benzene rings is 1. The quantitative estimate of drug-likeness (QED) is 0.595. The summed E-state index contributed by atoms with van der Waals surface area (Å²) in [6.07, 6.45) is -4.77. The maximum atomic E-state index is 12.5. The summed E-state index contributed by atoms with van der Waals surface area (Å²) < 4.78 is 41.6. The Morgan fingerprint density at radius 3 is 2.50 bits per heavy atom. The molecule has 28 heavy (non-hydrogen) atoms. The van der Waals surface area contributed by atoms with Crippen molar-refractivity contribution in [3.05, 3.63) is 35.7 Å². The van der Waals surface area contributed by atoms with Crippen molar-refractivity contribution in [2.75, 3.05) is 13.2 Å². The molecule has 0 saturated carbocycles. The molecule has 148 valence electrons. The lowest BCUT2D eigenvalue weighted by atomic mass is 10.1. The molecule has 2 heterocycles. The van der Waals surface area contributed by atoms with Gasteiger partial charge in [0.1, 0.15) is 12.6 Å². The molecule has 3 rings (SSSR count). The lowest BCUT2D eigenvalue weighted by Crippen LogP contribution is -2.45. The number of amides is 2. The summed E-state index contributed by atoms with van der Waals surface area (Å²) in [6.45, 7) is 1.91. The van der Waals surface area contributed by atoms with E-state index < -0.39 is 35.7 Å². The van der Waals surface area contributed by atoms with E-state index >= 15 is 0 Å². The first-order valence-electron chi connectivity index (χ1n) is 8.01. The lowest BCUT2D eigenvalue weighted by molar-refractivity contribution is -0.160. The summed E-state index contributed by atoms with van der Waals surface area (Å²) in [7, 11) is 0. The normalized spacial score (nSPS) is 17.1. The third kappa shape index (κ3) is 3.86. The molecule has 0 aliphatic carbocycles. The number of likely N-dealkylation sites (N-methyl/N-ethyl adjacent to an activating group) is 1. The first kappa shape index (κ1) is 19.5. The fourth-order valence-electron chi connectivity index (χ4n) is 2.41. The number of rotatable bonds is 5. The Bertz CT molecular complexity index is 910. The number of carbonyl (C=O) groups excluding carboxylic acids is 3. The Balaban J connectivity index is 1.67. The van der Waals surface area contributed by atoms with Gasteiger partial charge in [0, 0.05) is 17.7 Å². The predicted octanol–water partition coefficient (Wildman–Crippen LogP) is 1.22. The van der Waals surface area contributed by atoms with Crippen LogP contribution in [-0.4, -0.2) is 52.0 Å². The molecule has 0 radical (unpaired) electrons. The molecule has 2 amide bonds. The van der Waals surface area contributed by atoms with Gasteiger partial charge in [-0.25, -0.2) is 5.06 Å². The lowest BCUT2D eigenvalue weighted by Gasteiger charge is -2.11. The summed E-state index contributed by atoms with van der Waals surface area (Å²) in [5.74, 6) is -4.20. The average Bonchev–Trinajstić information content (AvgIpc) is 3.29. The van der Waals surface area contributed by atoms with Crippen molar-refractivity contribution in [3.63, 3.8) is 0 Å². The van der Waals surface area contributed by atoms with Gasteiger partial charge in [-0.05, 0) is 6.92 Å². The minimum absolute atomic E-state index is 0.0282. The SMILES string of the molecule is CCN1OCC(NC(=O)C(=O)c2ccc(-c3noc(C(F)(F)F)n3)cc2)C1=O. The maximum Gasteiger partial charge on any atom is 0.471 e. The van der Waals surface area contributed by atoms with Gasteiger partial charge < -0.3 is 9.84 Å². The zero-order valence-electron chi connectivity index (χ0n) is 14.3. The summed E-state index contributed by atoms with van der Waals surface area (Å²) in [6, 6.07) is 4.04. The van der Waals surface area contributed by atoms with Gasteiger partial charge in [0.15, 0.2) is 0 Å². The first-order valence-corrected chi connectivity index (χ1v) is 8.01. The number of alkyl halides is 3. The van der Waals surface area contributed by atoms with Crippen molar-refractivity contribution in [1.82, 2.24) is 20.5 Å². The van der Waals surface area contributed by atoms with Crippen LogP contribution in [0.3, 0.4) is 0 Å². The second-order valence-electron chi connectivity index (χ2n) is 5.68. The molecule has 1 saturated heterocycles. The predicted molar refractivity (Wildman–Crippen MR) is 84.3 cm³/mol. The van der Waals surface area contributed by atoms with E-state index in [4.69, 9.17) is 4.84 Å². The third-order valence-electron chi connectivity index (χ3n) is 3.81. The molecule has 1 N–H and O–H groups in total. The first-order chi connectivity index (χ1) is 13.2. The van der Waals surface area contributed by atoms with Crippen molar-refractivity contribution in [2.45, 2.75) is 19.1 Å². The minimum atomic E-state index is -4.77. The topological polar surface area (TPSA) is 115 Å². The van der Waals surface area contributed by atoms with Crippen molar-refractivity contribution >= 4 is 17.6 Å². The van der Waals surface area contributed by atoms with Crippen molar-refractivity contribution in [1.29, 1.82) is 0 Å². The number of nitrogens with zero attached hydrogens (tertiary/aromatic N) is 3. The molecule has 12 heteroatoms. The van der Waals surface area contributed by atoms with E-state index in [2.05, 4.69) is 20.0 Å². The standard InChI is InChI=1S/C16H13F3N4O5/c1-2-23-14(26)10(7-27-23)20-13(25)11(24)8-3-5-9(6-4-8)12-21-15(28-22-12)16(17,18)19/h3-6,10H,2,7H2,1H3,(H,20,25). The van der Waals surface area contributed by atoms with E-state index in [1.165, 1.54) is 24.3 Å². The Morgan fingerprint density at radius 1 is 1.29 bits per heavy atom. The van der Waals surface area contributed by atoms with E-state index in [1.807, 2.05) is 0 Å². The molecule has 1 aromatic heterocycles. The van der Waals surface area contributed by atoms with E-state index in [-0.39, 0.29) is 23.6 Å². The molecule has 2 aromatic rings. The second kappa shape index (κ2) is 7.38. The van der Waals surface area contributed by atoms with Gasteiger partial charge in [0.05, 0.1) is 0 Å². The fourth-order valence-corrected chi connectivity index (χ4v) is 2.41. The van der Waals surface area contributed by atoms with Crippen LogP contribution in [0.5, 0.6) is 0 Å². The van der Waals surface area contributed by atoms with Gasteiger partial charge in [-0.15, -0.1) is 0 Å². The highest BCUT2D eigenvalue weighted by molar-refractivity contribution is 6.43. The number of nitrogens with one attached hydrogen (secondary N) is 1. The largest absolute Gasteiger partial charge is 0.471 e. The zero-order valence-corrected chi connectivity index (χ0v) is 14.3. The van der Waals surface area contributed by atoms with E-state index in [0.717, 1.165) is 5.06 Å². The van der Waals surface area contributed by atoms with Gasteiger partial charge in [-0.1, -0.05) is 29.4 Å². The highest BCUT2D eigenvalue weighted by Gasteiger charge is 2.38. The number of hydrogen-bond donors (Lipinski definition) is 1. The van der Waals surface area contributed by atoms with Crippen molar-refractivity contribution < 1.29 is 36.9 Å². The number of halogens is 3. The Hall–Kier alpha value is -3.28. The highest BCUT2D eigenvalue weighted by Crippen LogP contribution is 2.29. The molecule has 0 bridgehead atoms. The summed E-state index contributed by atoms with van der Waals surface area (Å²) in [5, 5.41) is 6.59. The number of hydrogen-bond acceptors (Lipinski definition) is 7. The molecule has 1 atom stereocenters. The maximum absolute atomic E-state index is 12.5. The summed E-state index contributed by atoms with van der Waals surface area (Å²) in [4.78, 5) is 44.4. The Morgan fingerprint density at radius 2 is 1.96 bits per heavy atom. The zero-order chi connectivity index (χ0) is 20.5. The van der Waals surface area contributed by atoms with Gasteiger partial charge in [-0.3, -0.25) is 19.2 Å². The van der Waals surface area contributed by atoms with Crippen molar-refractivity contribution in [2.24, 2.45) is 0 Å². The third-order valence-corrected chi connectivity index (χ3v) is 3.81. The molecular formula is C16H13F3N4O5. The molecule has 1 aliphatic heterocycles. The van der Waals surface area contributed by atoms with Crippen LogP contribution in [-0.2, 0) is 20.6 Å². The van der Waals surface area contributed by atoms with Crippen LogP contribution in [0.1, 0.15) is 23.2 Å². The minimum Gasteiger partial charge on any atom is -0.335 e. The monoisotopic (exact) mass is 398 g/mol. The molecular weight excluding hydrogens is 385 g/mol. The average molecular weight is 398 g/mol. The molecule has 1 aromatic carbocycles. The molecule has 1 aliphatic rings. The van der Waals surface area contributed by atoms with Crippen LogP contribution in [0.4, 0.5) is 13.2 Å². The van der Waals surface area contributed by atoms with Crippen LogP contribution in [0.25, 0.3) is 11.4 Å². The van der Waals surface area contributed by atoms with Gasteiger partial charge in [0.2, 0.25) is 11.6 Å². The van der Waals surface area contributed by atoms with Crippen LogP contribution in [0.2, 0.25) is 0 Å². The molecule has 1 unspecified atom stereocenters. The van der Waals surface area contributed by atoms with E-state index in [1.54, 1.807) is 6.92 Å². The summed E-state index contributed by atoms with van der Waals surface area (Å²) >= 11 is 0. The fraction of sp³-hybridized carbons (Fsp3) is 0.312. The van der Waals surface area contributed by atoms with Crippen LogP contribution < -0.4 is 5.32 Å². The van der Waals surface area contributed by atoms with Crippen LogP contribution in [0, 0.1) is 0 Å². The van der Waals surface area contributed by atoms with E-state index in [0.29, 0.717) is 6.54 Å².